The number of rotatable bonds is 7. The van der Waals surface area contributed by atoms with E-state index in [-0.39, 0.29) is 12.5 Å². The summed E-state index contributed by atoms with van der Waals surface area (Å²) in [5.41, 5.74) is 1.04. The molecule has 19 heavy (non-hydrogen) atoms. The maximum absolute atomic E-state index is 12.1. The Bertz CT molecular complexity index is 429. The van der Waals surface area contributed by atoms with Crippen molar-refractivity contribution >= 4 is 5.91 Å². The van der Waals surface area contributed by atoms with Crippen molar-refractivity contribution in [2.24, 2.45) is 0 Å². The maximum atomic E-state index is 12.1. The van der Waals surface area contributed by atoms with Gasteiger partial charge in [-0.05, 0) is 25.8 Å². The molecule has 0 aromatic heterocycles. The van der Waals surface area contributed by atoms with E-state index < -0.39 is 0 Å². The number of ether oxygens (including phenoxy) is 2. The molecule has 1 aromatic rings. The van der Waals surface area contributed by atoms with Gasteiger partial charge < -0.3 is 14.4 Å². The molecule has 1 aliphatic carbocycles. The van der Waals surface area contributed by atoms with E-state index in [4.69, 9.17) is 9.47 Å². The summed E-state index contributed by atoms with van der Waals surface area (Å²) in [4.78, 5) is 14.1. The van der Waals surface area contributed by atoms with Crippen LogP contribution in [-0.4, -0.2) is 37.2 Å². The van der Waals surface area contributed by atoms with E-state index >= 15 is 0 Å². The minimum atomic E-state index is 0.0651. The van der Waals surface area contributed by atoms with Gasteiger partial charge in [-0.1, -0.05) is 18.2 Å². The lowest BCUT2D eigenvalue weighted by Crippen LogP contribution is -2.35. The number of para-hydroxylation sites is 1. The van der Waals surface area contributed by atoms with Crippen molar-refractivity contribution in [1.82, 2.24) is 4.90 Å². The van der Waals surface area contributed by atoms with Gasteiger partial charge in [-0.15, -0.1) is 0 Å². The first-order chi connectivity index (χ1) is 9.26. The maximum Gasteiger partial charge on any atom is 0.249 e. The van der Waals surface area contributed by atoms with Gasteiger partial charge in [0.1, 0.15) is 12.4 Å². The zero-order valence-corrected chi connectivity index (χ0v) is 11.6. The normalized spacial score (nSPS) is 14.2. The summed E-state index contributed by atoms with van der Waals surface area (Å²) in [6.45, 7) is 3.23. The third kappa shape index (κ3) is 3.70. The zero-order valence-electron chi connectivity index (χ0n) is 11.6. The van der Waals surface area contributed by atoms with Crippen LogP contribution in [0, 0.1) is 0 Å². The summed E-state index contributed by atoms with van der Waals surface area (Å²) in [6.07, 6.45) is 2.18. The van der Waals surface area contributed by atoms with Gasteiger partial charge in [0.05, 0.1) is 7.11 Å². The van der Waals surface area contributed by atoms with Crippen LogP contribution in [0.4, 0.5) is 0 Å². The lowest BCUT2D eigenvalue weighted by molar-refractivity contribution is -0.137. The molecule has 0 N–H and O–H groups in total. The van der Waals surface area contributed by atoms with Crippen molar-refractivity contribution in [2.45, 2.75) is 32.4 Å². The van der Waals surface area contributed by atoms with Crippen LogP contribution in [0.2, 0.25) is 0 Å². The highest BCUT2D eigenvalue weighted by Gasteiger charge is 2.32. The number of nitrogens with zero attached hydrogens (tertiary/aromatic N) is 1. The first-order valence-corrected chi connectivity index (χ1v) is 6.75. The Balaban J connectivity index is 2.06. The molecule has 0 bridgehead atoms. The van der Waals surface area contributed by atoms with Gasteiger partial charge in [-0.2, -0.15) is 0 Å². The van der Waals surface area contributed by atoms with Gasteiger partial charge in [0.2, 0.25) is 5.91 Å². The highest BCUT2D eigenvalue weighted by molar-refractivity contribution is 5.78. The van der Waals surface area contributed by atoms with Crippen LogP contribution in [0.5, 0.6) is 5.75 Å². The smallest absolute Gasteiger partial charge is 0.249 e. The van der Waals surface area contributed by atoms with Gasteiger partial charge in [0.25, 0.3) is 0 Å². The van der Waals surface area contributed by atoms with Crippen LogP contribution in [0.1, 0.15) is 25.3 Å². The predicted molar refractivity (Wildman–Crippen MR) is 73.1 cm³/mol. The van der Waals surface area contributed by atoms with Crippen molar-refractivity contribution < 1.29 is 14.3 Å². The molecule has 0 unspecified atom stereocenters. The molecule has 0 atom stereocenters. The number of methoxy groups -OCH3 is 1. The minimum Gasteiger partial charge on any atom is -0.496 e. The lowest BCUT2D eigenvalue weighted by Gasteiger charge is -2.23. The van der Waals surface area contributed by atoms with Gasteiger partial charge in [-0.25, -0.2) is 0 Å². The molecule has 0 radical (unpaired) electrons. The number of hydrogen-bond acceptors (Lipinski definition) is 3. The average Bonchev–Trinajstić information content (AvgIpc) is 3.27. The first kappa shape index (κ1) is 13.9. The number of benzene rings is 1. The third-order valence-corrected chi connectivity index (χ3v) is 3.27. The Kier molecular flexibility index (Phi) is 4.80. The fourth-order valence-electron chi connectivity index (χ4n) is 2.10. The molecule has 104 valence electrons. The molecule has 1 amide bonds. The number of carbonyl (C=O) groups excluding carboxylic acids is 1. The van der Waals surface area contributed by atoms with E-state index in [1.54, 1.807) is 7.11 Å². The number of amides is 1. The van der Waals surface area contributed by atoms with Crippen LogP contribution in [0.3, 0.4) is 0 Å². The van der Waals surface area contributed by atoms with Gasteiger partial charge >= 0.3 is 0 Å². The second-order valence-electron chi connectivity index (χ2n) is 4.70. The van der Waals surface area contributed by atoms with Gasteiger partial charge in [-0.3, -0.25) is 4.79 Å². The van der Waals surface area contributed by atoms with E-state index in [1.807, 2.05) is 36.1 Å². The Hall–Kier alpha value is -1.55. The second kappa shape index (κ2) is 6.57. The van der Waals surface area contributed by atoms with Crippen LogP contribution in [-0.2, 0) is 16.1 Å². The largest absolute Gasteiger partial charge is 0.496 e. The van der Waals surface area contributed by atoms with Gasteiger partial charge in [0.15, 0.2) is 0 Å². The summed E-state index contributed by atoms with van der Waals surface area (Å²) in [5, 5.41) is 0. The minimum absolute atomic E-state index is 0.0651. The fourth-order valence-corrected chi connectivity index (χ4v) is 2.10. The second-order valence-corrected chi connectivity index (χ2v) is 4.70. The van der Waals surface area contributed by atoms with E-state index in [1.165, 1.54) is 0 Å². The van der Waals surface area contributed by atoms with E-state index in [0.29, 0.717) is 19.2 Å². The summed E-state index contributed by atoms with van der Waals surface area (Å²) < 4.78 is 10.6. The average molecular weight is 263 g/mol. The summed E-state index contributed by atoms with van der Waals surface area (Å²) >= 11 is 0. The first-order valence-electron chi connectivity index (χ1n) is 6.75. The fraction of sp³-hybridized carbons (Fsp3) is 0.533. The summed E-state index contributed by atoms with van der Waals surface area (Å²) in [5.74, 6) is 0.896. The summed E-state index contributed by atoms with van der Waals surface area (Å²) in [6, 6.07) is 8.20. The van der Waals surface area contributed by atoms with Crippen molar-refractivity contribution in [1.29, 1.82) is 0 Å². The molecular weight excluding hydrogens is 242 g/mol. The Morgan fingerprint density at radius 2 is 2.11 bits per heavy atom. The Labute approximate surface area is 114 Å². The molecule has 2 rings (SSSR count). The van der Waals surface area contributed by atoms with Crippen molar-refractivity contribution in [3.63, 3.8) is 0 Å². The molecule has 4 heteroatoms. The standard InChI is InChI=1S/C15H21NO3/c1-3-19-11-15(17)16(13-8-9-13)10-12-6-4-5-7-14(12)18-2/h4-7,13H,3,8-11H2,1-2H3. The number of hydrogen-bond donors (Lipinski definition) is 0. The van der Waals surface area contributed by atoms with E-state index in [2.05, 4.69) is 0 Å². The van der Waals surface area contributed by atoms with Crippen molar-refractivity contribution in [3.05, 3.63) is 29.8 Å². The summed E-state index contributed by atoms with van der Waals surface area (Å²) in [7, 11) is 1.66. The molecule has 0 spiro atoms. The van der Waals surface area contributed by atoms with Crippen LogP contribution in [0.25, 0.3) is 0 Å². The molecular formula is C15H21NO3. The highest BCUT2D eigenvalue weighted by Crippen LogP contribution is 2.30. The molecule has 0 aliphatic heterocycles. The molecule has 0 heterocycles. The Morgan fingerprint density at radius 1 is 1.37 bits per heavy atom. The quantitative estimate of drug-likeness (QED) is 0.757. The SMILES string of the molecule is CCOCC(=O)N(Cc1ccccc1OC)C1CC1. The van der Waals surface area contributed by atoms with E-state index in [0.717, 1.165) is 24.2 Å². The van der Waals surface area contributed by atoms with E-state index in [9.17, 15) is 4.79 Å². The molecule has 4 nitrogen and oxygen atoms in total. The molecule has 1 saturated carbocycles. The predicted octanol–water partition coefficient (Wildman–Crippen LogP) is 2.22. The Morgan fingerprint density at radius 3 is 2.74 bits per heavy atom. The van der Waals surface area contributed by atoms with Crippen LogP contribution >= 0.6 is 0 Å². The van der Waals surface area contributed by atoms with Crippen molar-refractivity contribution in [2.75, 3.05) is 20.3 Å². The zero-order chi connectivity index (χ0) is 13.7. The molecule has 1 aromatic carbocycles. The lowest BCUT2D eigenvalue weighted by atomic mass is 10.2. The number of carbonyl (C=O) groups is 1. The van der Waals surface area contributed by atoms with Crippen LogP contribution in [0.15, 0.2) is 24.3 Å². The monoisotopic (exact) mass is 263 g/mol. The third-order valence-electron chi connectivity index (χ3n) is 3.27. The highest BCUT2D eigenvalue weighted by atomic mass is 16.5. The molecule has 1 fully saturated rings. The topological polar surface area (TPSA) is 38.8 Å². The van der Waals surface area contributed by atoms with Gasteiger partial charge in [0, 0.05) is 24.8 Å². The van der Waals surface area contributed by atoms with Crippen molar-refractivity contribution in [3.8, 4) is 5.75 Å². The van der Waals surface area contributed by atoms with Crippen LogP contribution < -0.4 is 4.74 Å². The molecule has 0 saturated heterocycles. The molecule has 1 aliphatic rings.